The molecule has 2 rings (SSSR count). The van der Waals surface area contributed by atoms with Crippen molar-refractivity contribution in [2.24, 2.45) is 0 Å². The number of carboxylic acids is 1. The third kappa shape index (κ3) is 2.92. The van der Waals surface area contributed by atoms with Gasteiger partial charge in [0.1, 0.15) is 17.4 Å². The molecule has 1 aromatic heterocycles. The molecule has 1 N–H and O–H groups in total. The Kier molecular flexibility index (Phi) is 4.43. The number of hydrogen-bond acceptors (Lipinski definition) is 5. The first-order valence-electron chi connectivity index (χ1n) is 7.03. The number of likely N-dealkylation sites (tertiary alicyclic amines) is 1. The van der Waals surface area contributed by atoms with Gasteiger partial charge < -0.3 is 10.0 Å². The number of carbonyl (C=O) groups excluding carboxylic acids is 1. The van der Waals surface area contributed by atoms with Crippen LogP contribution < -0.4 is 0 Å². The summed E-state index contributed by atoms with van der Waals surface area (Å²) in [5.41, 5.74) is 0.656. The highest BCUT2D eigenvalue weighted by Crippen LogP contribution is 2.23. The summed E-state index contributed by atoms with van der Waals surface area (Å²) in [7, 11) is 0. The van der Waals surface area contributed by atoms with Crippen LogP contribution in [0.2, 0.25) is 0 Å². The van der Waals surface area contributed by atoms with Crippen LogP contribution in [0.15, 0.2) is 0 Å². The van der Waals surface area contributed by atoms with Gasteiger partial charge in [-0.05, 0) is 26.7 Å². The van der Waals surface area contributed by atoms with Crippen molar-refractivity contribution in [2.45, 2.75) is 45.7 Å². The Hall–Kier alpha value is -2.45. The van der Waals surface area contributed by atoms with Gasteiger partial charge in [-0.3, -0.25) is 19.6 Å². The third-order valence-corrected chi connectivity index (χ3v) is 3.92. The maximum atomic E-state index is 12.2. The second-order valence-electron chi connectivity index (χ2n) is 5.33. The number of carbonyl (C=O) groups is 2. The summed E-state index contributed by atoms with van der Waals surface area (Å²) in [4.78, 5) is 35.0. The van der Waals surface area contributed by atoms with Crippen molar-refractivity contribution in [3.8, 4) is 0 Å². The lowest BCUT2D eigenvalue weighted by Crippen LogP contribution is -2.40. The van der Waals surface area contributed by atoms with Crippen molar-refractivity contribution >= 4 is 17.6 Å². The van der Waals surface area contributed by atoms with E-state index in [-0.39, 0.29) is 24.6 Å². The molecule has 0 bridgehead atoms. The lowest BCUT2D eigenvalue weighted by Gasteiger charge is -2.21. The standard InChI is InChI=1S/C13H18N4O5/c1-8-12(17(21)22)9(2)16(14-8)7-5-11(18)15-6-3-4-10(15)13(19)20/h10H,3-7H2,1-2H3,(H,19,20)/t10-/m1/s1. The Bertz CT molecular complexity index is 624. The number of aliphatic carboxylic acids is 1. The molecule has 22 heavy (non-hydrogen) atoms. The van der Waals surface area contributed by atoms with Gasteiger partial charge in [-0.15, -0.1) is 0 Å². The lowest BCUT2D eigenvalue weighted by atomic mass is 10.2. The zero-order valence-electron chi connectivity index (χ0n) is 12.5. The van der Waals surface area contributed by atoms with E-state index in [1.807, 2.05) is 0 Å². The first-order chi connectivity index (χ1) is 10.3. The largest absolute Gasteiger partial charge is 0.480 e. The molecule has 1 aliphatic heterocycles. The molecule has 120 valence electrons. The molecule has 1 atom stereocenters. The van der Waals surface area contributed by atoms with Crippen LogP contribution in [-0.4, -0.2) is 49.2 Å². The number of aromatic nitrogens is 2. The van der Waals surface area contributed by atoms with E-state index in [4.69, 9.17) is 5.11 Å². The van der Waals surface area contributed by atoms with Gasteiger partial charge in [0.15, 0.2) is 0 Å². The van der Waals surface area contributed by atoms with Gasteiger partial charge in [0.05, 0.1) is 11.5 Å². The van der Waals surface area contributed by atoms with E-state index in [2.05, 4.69) is 5.10 Å². The highest BCUT2D eigenvalue weighted by molar-refractivity contribution is 5.84. The normalized spacial score (nSPS) is 17.7. The van der Waals surface area contributed by atoms with Crippen LogP contribution in [0.25, 0.3) is 0 Å². The van der Waals surface area contributed by atoms with Crippen LogP contribution >= 0.6 is 0 Å². The molecule has 0 radical (unpaired) electrons. The van der Waals surface area contributed by atoms with Crippen molar-refractivity contribution in [1.82, 2.24) is 14.7 Å². The monoisotopic (exact) mass is 310 g/mol. The van der Waals surface area contributed by atoms with Gasteiger partial charge in [0.25, 0.3) is 0 Å². The van der Waals surface area contributed by atoms with Gasteiger partial charge >= 0.3 is 11.7 Å². The van der Waals surface area contributed by atoms with Crippen LogP contribution in [0.5, 0.6) is 0 Å². The van der Waals surface area contributed by atoms with Crippen LogP contribution in [0.1, 0.15) is 30.7 Å². The Morgan fingerprint density at radius 1 is 1.45 bits per heavy atom. The SMILES string of the molecule is Cc1nn(CCC(=O)N2CCC[C@@H]2C(=O)O)c(C)c1[N+](=O)[O-]. The number of nitrogens with zero attached hydrogens (tertiary/aromatic N) is 4. The highest BCUT2D eigenvalue weighted by Gasteiger charge is 2.33. The van der Waals surface area contributed by atoms with Crippen molar-refractivity contribution in [1.29, 1.82) is 0 Å². The molecule has 9 nitrogen and oxygen atoms in total. The Morgan fingerprint density at radius 2 is 2.14 bits per heavy atom. The molecule has 1 aliphatic rings. The molecule has 1 amide bonds. The maximum absolute atomic E-state index is 12.2. The quantitative estimate of drug-likeness (QED) is 0.637. The summed E-state index contributed by atoms with van der Waals surface area (Å²) in [5, 5.41) is 24.1. The van der Waals surface area contributed by atoms with Crippen molar-refractivity contribution in [3.63, 3.8) is 0 Å². The first-order valence-corrected chi connectivity index (χ1v) is 7.03. The smallest absolute Gasteiger partial charge is 0.326 e. The summed E-state index contributed by atoms with van der Waals surface area (Å²) in [6.45, 7) is 3.76. The van der Waals surface area contributed by atoms with Gasteiger partial charge in [-0.1, -0.05) is 0 Å². The maximum Gasteiger partial charge on any atom is 0.326 e. The minimum Gasteiger partial charge on any atom is -0.480 e. The first kappa shape index (κ1) is 15.9. The van der Waals surface area contributed by atoms with E-state index in [0.717, 1.165) is 0 Å². The Morgan fingerprint density at radius 3 is 2.68 bits per heavy atom. The number of nitro groups is 1. The molecule has 0 saturated carbocycles. The molecular weight excluding hydrogens is 292 g/mol. The van der Waals surface area contributed by atoms with E-state index in [1.54, 1.807) is 13.8 Å². The Balaban J connectivity index is 2.04. The van der Waals surface area contributed by atoms with Crippen molar-refractivity contribution < 1.29 is 19.6 Å². The lowest BCUT2D eigenvalue weighted by molar-refractivity contribution is -0.386. The summed E-state index contributed by atoms with van der Waals surface area (Å²) < 4.78 is 1.43. The summed E-state index contributed by atoms with van der Waals surface area (Å²) in [6.07, 6.45) is 1.21. The fourth-order valence-electron chi connectivity index (χ4n) is 2.84. The van der Waals surface area contributed by atoms with Crippen LogP contribution in [0.4, 0.5) is 5.69 Å². The molecule has 1 saturated heterocycles. The molecule has 1 aromatic rings. The number of aryl methyl sites for hydroxylation is 2. The fraction of sp³-hybridized carbons (Fsp3) is 0.615. The summed E-state index contributed by atoms with van der Waals surface area (Å²) >= 11 is 0. The molecule has 2 heterocycles. The molecule has 0 aliphatic carbocycles. The van der Waals surface area contributed by atoms with Gasteiger partial charge in [-0.2, -0.15) is 5.10 Å². The number of hydrogen-bond donors (Lipinski definition) is 1. The van der Waals surface area contributed by atoms with Crippen molar-refractivity contribution in [2.75, 3.05) is 6.54 Å². The summed E-state index contributed by atoms with van der Waals surface area (Å²) in [5.74, 6) is -1.26. The number of rotatable bonds is 5. The Labute approximate surface area is 126 Å². The molecular formula is C13H18N4O5. The summed E-state index contributed by atoms with van der Waals surface area (Å²) in [6, 6.07) is -0.762. The van der Waals surface area contributed by atoms with Crippen LogP contribution in [-0.2, 0) is 16.1 Å². The predicted octanol–water partition coefficient (Wildman–Crippen LogP) is 0.874. The minimum absolute atomic E-state index is 0.0444. The highest BCUT2D eigenvalue weighted by atomic mass is 16.6. The van der Waals surface area contributed by atoms with Crippen LogP contribution in [0.3, 0.4) is 0 Å². The molecule has 0 aromatic carbocycles. The second-order valence-corrected chi connectivity index (χ2v) is 5.33. The number of amides is 1. The van der Waals surface area contributed by atoms with E-state index in [0.29, 0.717) is 30.8 Å². The molecule has 0 unspecified atom stereocenters. The van der Waals surface area contributed by atoms with Gasteiger partial charge in [0.2, 0.25) is 5.91 Å². The van der Waals surface area contributed by atoms with E-state index < -0.39 is 16.9 Å². The molecule has 9 heteroatoms. The topological polar surface area (TPSA) is 119 Å². The third-order valence-electron chi connectivity index (χ3n) is 3.92. The predicted molar refractivity (Wildman–Crippen MR) is 75.3 cm³/mol. The van der Waals surface area contributed by atoms with Crippen LogP contribution in [0, 0.1) is 24.0 Å². The number of carboxylic acid groups (broad SMARTS) is 1. The second kappa shape index (κ2) is 6.12. The molecule has 1 fully saturated rings. The van der Waals surface area contributed by atoms with E-state index in [1.165, 1.54) is 9.58 Å². The fourth-order valence-corrected chi connectivity index (χ4v) is 2.84. The zero-order chi connectivity index (χ0) is 16.4. The van der Waals surface area contributed by atoms with Gasteiger partial charge in [-0.25, -0.2) is 4.79 Å². The van der Waals surface area contributed by atoms with E-state index in [9.17, 15) is 19.7 Å². The van der Waals surface area contributed by atoms with E-state index >= 15 is 0 Å². The van der Waals surface area contributed by atoms with Crippen molar-refractivity contribution in [3.05, 3.63) is 21.5 Å². The average Bonchev–Trinajstić information content (AvgIpc) is 3.01. The van der Waals surface area contributed by atoms with Gasteiger partial charge in [0, 0.05) is 13.0 Å². The minimum atomic E-state index is -0.993. The molecule has 0 spiro atoms. The average molecular weight is 310 g/mol. The zero-order valence-corrected chi connectivity index (χ0v) is 12.5.